The first-order chi connectivity index (χ1) is 13.3. The Morgan fingerprint density at radius 2 is 1.89 bits per heavy atom. The van der Waals surface area contributed by atoms with Gasteiger partial charge in [0, 0.05) is 0 Å². The Bertz CT molecular complexity index is 932. The highest BCUT2D eigenvalue weighted by Crippen LogP contribution is 2.29. The van der Waals surface area contributed by atoms with E-state index < -0.39 is 22.0 Å². The lowest BCUT2D eigenvalue weighted by Crippen LogP contribution is -2.30. The molecule has 9 heteroatoms. The Hall–Kier alpha value is -2.10. The van der Waals surface area contributed by atoms with Crippen LogP contribution in [-0.2, 0) is 19.6 Å². The molecule has 2 aromatic rings. The standard InChI is InChI=1S/C19H22BrNO6S/c1-4-27-19(22)12-17(13-6-5-7-14(10-13)25-2)21-28(23,24)15-8-9-18(26-3)16(20)11-15/h5-11,17,21H,4,12H2,1-3H3. The lowest BCUT2D eigenvalue weighted by Gasteiger charge is -2.19. The highest BCUT2D eigenvalue weighted by molar-refractivity contribution is 9.10. The van der Waals surface area contributed by atoms with Gasteiger partial charge in [0.2, 0.25) is 10.0 Å². The first kappa shape index (κ1) is 22.2. The van der Waals surface area contributed by atoms with Crippen LogP contribution < -0.4 is 14.2 Å². The number of ether oxygens (including phenoxy) is 3. The monoisotopic (exact) mass is 471 g/mol. The molecule has 0 aliphatic carbocycles. The maximum atomic E-state index is 12.9. The Morgan fingerprint density at radius 3 is 2.50 bits per heavy atom. The molecule has 0 saturated carbocycles. The number of rotatable bonds is 9. The molecule has 7 nitrogen and oxygen atoms in total. The van der Waals surface area contributed by atoms with Crippen LogP contribution in [-0.4, -0.2) is 35.2 Å². The van der Waals surface area contributed by atoms with E-state index in [-0.39, 0.29) is 17.9 Å². The number of methoxy groups -OCH3 is 2. The molecule has 1 N–H and O–H groups in total. The van der Waals surface area contributed by atoms with E-state index in [0.717, 1.165) is 0 Å². The van der Waals surface area contributed by atoms with E-state index in [9.17, 15) is 13.2 Å². The maximum absolute atomic E-state index is 12.9. The normalized spacial score (nSPS) is 12.3. The molecule has 0 spiro atoms. The summed E-state index contributed by atoms with van der Waals surface area (Å²) >= 11 is 3.28. The number of sulfonamides is 1. The Morgan fingerprint density at radius 1 is 1.14 bits per heavy atom. The van der Waals surface area contributed by atoms with E-state index in [1.807, 2.05) is 0 Å². The minimum atomic E-state index is -3.92. The predicted molar refractivity (Wildman–Crippen MR) is 108 cm³/mol. The van der Waals surface area contributed by atoms with Gasteiger partial charge in [0.25, 0.3) is 0 Å². The van der Waals surface area contributed by atoms with Crippen LogP contribution in [0.4, 0.5) is 0 Å². The van der Waals surface area contributed by atoms with Gasteiger partial charge < -0.3 is 14.2 Å². The number of halogens is 1. The van der Waals surface area contributed by atoms with Gasteiger partial charge in [-0.3, -0.25) is 4.79 Å². The van der Waals surface area contributed by atoms with Gasteiger partial charge in [0.1, 0.15) is 11.5 Å². The van der Waals surface area contributed by atoms with Crippen LogP contribution in [0.2, 0.25) is 0 Å². The SMILES string of the molecule is CCOC(=O)CC(NS(=O)(=O)c1ccc(OC)c(Br)c1)c1cccc(OC)c1. The molecule has 0 bridgehead atoms. The molecule has 0 radical (unpaired) electrons. The highest BCUT2D eigenvalue weighted by atomic mass is 79.9. The average molecular weight is 472 g/mol. The summed E-state index contributed by atoms with van der Waals surface area (Å²) < 4.78 is 44.2. The van der Waals surface area contributed by atoms with Crippen molar-refractivity contribution >= 4 is 31.9 Å². The Labute approximate surface area is 173 Å². The van der Waals surface area contributed by atoms with Crippen LogP contribution in [0.1, 0.15) is 24.9 Å². The topological polar surface area (TPSA) is 90.9 Å². The molecule has 0 amide bonds. The van der Waals surface area contributed by atoms with Crippen molar-refractivity contribution in [3.05, 3.63) is 52.5 Å². The third-order valence-corrected chi connectivity index (χ3v) is 5.99. The van der Waals surface area contributed by atoms with E-state index >= 15 is 0 Å². The Kier molecular flexibility index (Phi) is 7.85. The van der Waals surface area contributed by atoms with Gasteiger partial charge in [-0.05, 0) is 58.7 Å². The molecule has 0 heterocycles. The van der Waals surface area contributed by atoms with E-state index in [2.05, 4.69) is 20.7 Å². The number of carbonyl (C=O) groups is 1. The summed E-state index contributed by atoms with van der Waals surface area (Å²) in [6, 6.07) is 10.5. The van der Waals surface area contributed by atoms with Gasteiger partial charge in [0.15, 0.2) is 0 Å². The Balaban J connectivity index is 2.37. The van der Waals surface area contributed by atoms with Gasteiger partial charge in [-0.25, -0.2) is 13.1 Å². The second-order valence-electron chi connectivity index (χ2n) is 5.76. The molecule has 0 aromatic heterocycles. The largest absolute Gasteiger partial charge is 0.497 e. The van der Waals surface area contributed by atoms with Crippen molar-refractivity contribution in [2.75, 3.05) is 20.8 Å². The van der Waals surface area contributed by atoms with Gasteiger partial charge >= 0.3 is 5.97 Å². The van der Waals surface area contributed by atoms with E-state index in [1.54, 1.807) is 37.3 Å². The molecular formula is C19H22BrNO6S. The molecule has 152 valence electrons. The second-order valence-corrected chi connectivity index (χ2v) is 8.32. The minimum absolute atomic E-state index is 0.0388. The highest BCUT2D eigenvalue weighted by Gasteiger charge is 2.25. The number of esters is 1. The van der Waals surface area contributed by atoms with Gasteiger partial charge in [0.05, 0.1) is 42.7 Å². The molecule has 0 fully saturated rings. The second kappa shape index (κ2) is 9.90. The maximum Gasteiger partial charge on any atom is 0.307 e. The molecule has 2 aromatic carbocycles. The first-order valence-corrected chi connectivity index (χ1v) is 10.7. The number of hydrogen-bond donors (Lipinski definition) is 1. The lowest BCUT2D eigenvalue weighted by atomic mass is 10.0. The summed E-state index contributed by atoms with van der Waals surface area (Å²) in [5.41, 5.74) is 0.587. The number of hydrogen-bond acceptors (Lipinski definition) is 6. The zero-order valence-electron chi connectivity index (χ0n) is 15.8. The number of nitrogens with one attached hydrogen (secondary N) is 1. The fourth-order valence-corrected chi connectivity index (χ4v) is 4.48. The number of benzene rings is 2. The summed E-state index contributed by atoms with van der Waals surface area (Å²) in [4.78, 5) is 12.1. The van der Waals surface area contributed by atoms with Gasteiger partial charge in [-0.2, -0.15) is 0 Å². The first-order valence-electron chi connectivity index (χ1n) is 8.46. The van der Waals surface area contributed by atoms with Crippen molar-refractivity contribution in [1.29, 1.82) is 0 Å². The summed E-state index contributed by atoms with van der Waals surface area (Å²) in [6.45, 7) is 1.90. The van der Waals surface area contributed by atoms with Crippen molar-refractivity contribution in [1.82, 2.24) is 4.72 Å². The van der Waals surface area contributed by atoms with Crippen LogP contribution in [0, 0.1) is 0 Å². The van der Waals surface area contributed by atoms with Crippen LogP contribution >= 0.6 is 15.9 Å². The van der Waals surface area contributed by atoms with E-state index in [4.69, 9.17) is 14.2 Å². The zero-order chi connectivity index (χ0) is 20.7. The summed E-state index contributed by atoms with van der Waals surface area (Å²) in [5.74, 6) is 0.557. The lowest BCUT2D eigenvalue weighted by molar-refractivity contribution is -0.143. The van der Waals surface area contributed by atoms with Crippen LogP contribution in [0.25, 0.3) is 0 Å². The molecule has 0 aliphatic rings. The average Bonchev–Trinajstić information content (AvgIpc) is 2.67. The number of carbonyl (C=O) groups excluding carboxylic acids is 1. The summed E-state index contributed by atoms with van der Waals surface area (Å²) in [6.07, 6.45) is -0.155. The predicted octanol–water partition coefficient (Wildman–Crippen LogP) is 3.44. The van der Waals surface area contributed by atoms with Crippen LogP contribution in [0.15, 0.2) is 51.8 Å². The van der Waals surface area contributed by atoms with Crippen molar-refractivity contribution in [3.8, 4) is 11.5 Å². The molecular weight excluding hydrogens is 450 g/mol. The smallest absolute Gasteiger partial charge is 0.307 e. The van der Waals surface area contributed by atoms with E-state index in [1.165, 1.54) is 26.4 Å². The minimum Gasteiger partial charge on any atom is -0.497 e. The molecule has 1 unspecified atom stereocenters. The van der Waals surface area contributed by atoms with Crippen molar-refractivity contribution in [3.63, 3.8) is 0 Å². The molecule has 1 atom stereocenters. The quantitative estimate of drug-likeness (QED) is 0.563. The molecule has 0 saturated heterocycles. The van der Waals surface area contributed by atoms with Gasteiger partial charge in [-0.15, -0.1) is 0 Å². The molecule has 0 aliphatic heterocycles. The zero-order valence-corrected chi connectivity index (χ0v) is 18.2. The summed E-state index contributed by atoms with van der Waals surface area (Å²) in [5, 5.41) is 0. The van der Waals surface area contributed by atoms with Crippen LogP contribution in [0.3, 0.4) is 0 Å². The summed E-state index contributed by atoms with van der Waals surface area (Å²) in [7, 11) is -0.916. The fraction of sp³-hybridized carbons (Fsp3) is 0.316. The third kappa shape index (κ3) is 5.70. The molecule has 28 heavy (non-hydrogen) atoms. The van der Waals surface area contributed by atoms with E-state index in [0.29, 0.717) is 21.5 Å². The molecule has 2 rings (SSSR count). The van der Waals surface area contributed by atoms with Crippen molar-refractivity contribution in [2.24, 2.45) is 0 Å². The van der Waals surface area contributed by atoms with Crippen LogP contribution in [0.5, 0.6) is 11.5 Å². The third-order valence-electron chi connectivity index (χ3n) is 3.90. The van der Waals surface area contributed by atoms with Crippen molar-refractivity contribution in [2.45, 2.75) is 24.3 Å². The van der Waals surface area contributed by atoms with Crippen molar-refractivity contribution < 1.29 is 27.4 Å². The van der Waals surface area contributed by atoms with Gasteiger partial charge in [-0.1, -0.05) is 12.1 Å². The fourth-order valence-electron chi connectivity index (χ4n) is 2.54.